The zero-order chi connectivity index (χ0) is 17.5. The molecule has 0 fully saturated rings. The third-order valence-corrected chi connectivity index (χ3v) is 3.06. The first-order valence-electron chi connectivity index (χ1n) is 7.60. The van der Waals surface area contributed by atoms with Crippen LogP contribution in [0.3, 0.4) is 0 Å². The van der Waals surface area contributed by atoms with Gasteiger partial charge in [-0.25, -0.2) is 0 Å². The van der Waals surface area contributed by atoms with Gasteiger partial charge in [-0.05, 0) is 24.1 Å². The van der Waals surface area contributed by atoms with E-state index in [9.17, 15) is 4.79 Å². The lowest BCUT2D eigenvalue weighted by molar-refractivity contribution is 1.10. The Kier molecular flexibility index (Phi) is 5.52. The van der Waals surface area contributed by atoms with Gasteiger partial charge in [0.25, 0.3) is 5.56 Å². The van der Waals surface area contributed by atoms with Crippen LogP contribution in [0.5, 0.6) is 0 Å². The van der Waals surface area contributed by atoms with Crippen LogP contribution in [0, 0.1) is 11.3 Å². The Morgan fingerprint density at radius 3 is 2.46 bits per heavy atom. The number of imidazole rings is 1. The fraction of sp³-hybridized carbons (Fsp3) is 0.250. The standard InChI is InChI=1S/C14H11N7O.C2H6/c1-2-8-3-5-9(6-4-8)20-21-14-18-11-12(19-14)16-10(7-15)17-13(11)22;1-2/h3-6H,2H2,1H3,(H2,16,17,18,19,22);1-2H3. The lowest BCUT2D eigenvalue weighted by Crippen LogP contribution is -2.09. The quantitative estimate of drug-likeness (QED) is 0.715. The molecule has 3 rings (SSSR count). The van der Waals surface area contributed by atoms with Gasteiger partial charge in [0.2, 0.25) is 11.8 Å². The number of hydrogen-bond donors (Lipinski definition) is 2. The third kappa shape index (κ3) is 3.70. The minimum Gasteiger partial charge on any atom is -0.315 e. The van der Waals surface area contributed by atoms with E-state index in [1.54, 1.807) is 6.07 Å². The summed E-state index contributed by atoms with van der Waals surface area (Å²) in [7, 11) is 0. The summed E-state index contributed by atoms with van der Waals surface area (Å²) < 4.78 is 0. The number of aromatic amines is 2. The average molecular weight is 323 g/mol. The molecule has 0 amide bonds. The van der Waals surface area contributed by atoms with Gasteiger partial charge in [0.05, 0.1) is 5.69 Å². The van der Waals surface area contributed by atoms with Crippen molar-refractivity contribution in [3.8, 4) is 6.07 Å². The van der Waals surface area contributed by atoms with E-state index in [4.69, 9.17) is 5.26 Å². The van der Waals surface area contributed by atoms with E-state index in [1.807, 2.05) is 38.1 Å². The van der Waals surface area contributed by atoms with Crippen LogP contribution < -0.4 is 5.56 Å². The van der Waals surface area contributed by atoms with Gasteiger partial charge in [0, 0.05) is 0 Å². The Balaban J connectivity index is 0.00000100. The Morgan fingerprint density at radius 1 is 1.12 bits per heavy atom. The first-order valence-corrected chi connectivity index (χ1v) is 7.60. The number of fused-ring (bicyclic) bond motifs is 1. The minimum atomic E-state index is -0.470. The summed E-state index contributed by atoms with van der Waals surface area (Å²) in [6.45, 7) is 6.07. The highest BCUT2D eigenvalue weighted by Gasteiger charge is 2.09. The highest BCUT2D eigenvalue weighted by atomic mass is 16.1. The van der Waals surface area contributed by atoms with E-state index < -0.39 is 5.56 Å². The molecule has 8 nitrogen and oxygen atoms in total. The van der Waals surface area contributed by atoms with Crippen molar-refractivity contribution < 1.29 is 0 Å². The Hall–Kier alpha value is -3.34. The number of rotatable bonds is 3. The zero-order valence-corrected chi connectivity index (χ0v) is 13.7. The average Bonchev–Trinajstić information content (AvgIpc) is 3.05. The lowest BCUT2D eigenvalue weighted by Gasteiger charge is -1.95. The topological polar surface area (TPSA) is 123 Å². The highest BCUT2D eigenvalue weighted by molar-refractivity contribution is 5.71. The number of aromatic nitrogens is 4. The van der Waals surface area contributed by atoms with E-state index in [2.05, 4.69) is 37.1 Å². The largest absolute Gasteiger partial charge is 0.315 e. The van der Waals surface area contributed by atoms with Gasteiger partial charge >= 0.3 is 0 Å². The molecule has 0 radical (unpaired) electrons. The summed E-state index contributed by atoms with van der Waals surface area (Å²) in [4.78, 5) is 24.7. The molecule has 0 saturated carbocycles. The molecule has 0 unspecified atom stereocenters. The second-order valence-electron chi connectivity index (χ2n) is 4.51. The van der Waals surface area contributed by atoms with Gasteiger partial charge in [-0.1, -0.05) is 32.9 Å². The van der Waals surface area contributed by atoms with Crippen LogP contribution in [-0.4, -0.2) is 19.9 Å². The molecule has 1 aromatic carbocycles. The maximum Gasteiger partial charge on any atom is 0.277 e. The third-order valence-electron chi connectivity index (χ3n) is 3.06. The van der Waals surface area contributed by atoms with Gasteiger partial charge in [-0.3, -0.25) is 9.78 Å². The van der Waals surface area contributed by atoms with Crippen LogP contribution in [0.1, 0.15) is 32.2 Å². The van der Waals surface area contributed by atoms with E-state index in [-0.39, 0.29) is 22.9 Å². The molecule has 0 aliphatic rings. The van der Waals surface area contributed by atoms with E-state index in [1.165, 1.54) is 5.56 Å². The summed E-state index contributed by atoms with van der Waals surface area (Å²) in [5.41, 5.74) is 1.72. The van der Waals surface area contributed by atoms with E-state index >= 15 is 0 Å². The highest BCUT2D eigenvalue weighted by Crippen LogP contribution is 2.18. The smallest absolute Gasteiger partial charge is 0.277 e. The molecule has 0 atom stereocenters. The lowest BCUT2D eigenvalue weighted by atomic mass is 10.2. The van der Waals surface area contributed by atoms with Crippen LogP contribution in [-0.2, 0) is 6.42 Å². The fourth-order valence-corrected chi connectivity index (χ4v) is 1.90. The van der Waals surface area contributed by atoms with E-state index in [0.29, 0.717) is 5.69 Å². The predicted molar refractivity (Wildman–Crippen MR) is 90.6 cm³/mol. The van der Waals surface area contributed by atoms with Crippen molar-refractivity contribution in [1.29, 1.82) is 5.26 Å². The number of azo groups is 1. The predicted octanol–water partition coefficient (Wildman–Crippen LogP) is 3.52. The van der Waals surface area contributed by atoms with Crippen LogP contribution in [0.25, 0.3) is 11.2 Å². The summed E-state index contributed by atoms with van der Waals surface area (Å²) in [6.07, 6.45) is 0.955. The molecule has 2 heterocycles. The van der Waals surface area contributed by atoms with Crippen LogP contribution in [0.4, 0.5) is 11.6 Å². The van der Waals surface area contributed by atoms with Crippen molar-refractivity contribution in [3.05, 3.63) is 46.0 Å². The molecular weight excluding hydrogens is 306 g/mol. The molecular formula is C16H17N7O. The molecule has 8 heteroatoms. The molecule has 0 aliphatic carbocycles. The SMILES string of the molecule is CC.CCc1ccc(N=Nc2nc3nc(C#N)[nH]c(=O)c3[nH]2)cc1. The molecule has 0 saturated heterocycles. The summed E-state index contributed by atoms with van der Waals surface area (Å²) in [6, 6.07) is 9.41. The molecule has 2 N–H and O–H groups in total. The molecule has 122 valence electrons. The number of nitrogens with one attached hydrogen (secondary N) is 2. The second kappa shape index (κ2) is 7.78. The summed E-state index contributed by atoms with van der Waals surface area (Å²) in [5.74, 6) is 0.0605. The number of aryl methyl sites for hydroxylation is 1. The van der Waals surface area contributed by atoms with Gasteiger partial charge in [0.15, 0.2) is 11.2 Å². The van der Waals surface area contributed by atoms with Gasteiger partial charge in [-0.15, -0.1) is 10.2 Å². The van der Waals surface area contributed by atoms with Gasteiger partial charge in [-0.2, -0.15) is 15.2 Å². The molecule has 3 aromatic rings. The number of benzene rings is 1. The summed E-state index contributed by atoms with van der Waals surface area (Å²) >= 11 is 0. The van der Waals surface area contributed by atoms with Crippen molar-refractivity contribution in [2.45, 2.75) is 27.2 Å². The molecule has 0 aliphatic heterocycles. The minimum absolute atomic E-state index is 0.0948. The van der Waals surface area contributed by atoms with Crippen molar-refractivity contribution in [3.63, 3.8) is 0 Å². The molecule has 0 spiro atoms. The first kappa shape index (κ1) is 17.0. The number of nitrogens with zero attached hydrogens (tertiary/aromatic N) is 5. The van der Waals surface area contributed by atoms with Crippen molar-refractivity contribution in [2.24, 2.45) is 10.2 Å². The van der Waals surface area contributed by atoms with Crippen molar-refractivity contribution in [2.75, 3.05) is 0 Å². The maximum atomic E-state index is 11.7. The number of nitriles is 1. The van der Waals surface area contributed by atoms with Crippen molar-refractivity contribution >= 4 is 22.8 Å². The Bertz CT molecular complexity index is 945. The van der Waals surface area contributed by atoms with Crippen LogP contribution in [0.15, 0.2) is 39.3 Å². The normalized spacial score (nSPS) is 10.4. The van der Waals surface area contributed by atoms with Gasteiger partial charge < -0.3 is 4.98 Å². The van der Waals surface area contributed by atoms with Crippen LogP contribution in [0.2, 0.25) is 0 Å². The zero-order valence-electron chi connectivity index (χ0n) is 13.7. The van der Waals surface area contributed by atoms with E-state index in [0.717, 1.165) is 6.42 Å². The summed E-state index contributed by atoms with van der Waals surface area (Å²) in [5, 5.41) is 16.8. The van der Waals surface area contributed by atoms with Crippen molar-refractivity contribution in [1.82, 2.24) is 19.9 Å². The van der Waals surface area contributed by atoms with Gasteiger partial charge in [0.1, 0.15) is 6.07 Å². The monoisotopic (exact) mass is 323 g/mol. The fourth-order valence-electron chi connectivity index (χ4n) is 1.90. The number of H-pyrrole nitrogens is 2. The first-order chi connectivity index (χ1) is 11.7. The number of hydrogen-bond acceptors (Lipinski definition) is 6. The van der Waals surface area contributed by atoms with Crippen LogP contribution >= 0.6 is 0 Å². The molecule has 0 bridgehead atoms. The second-order valence-corrected chi connectivity index (χ2v) is 4.51. The Morgan fingerprint density at radius 2 is 1.83 bits per heavy atom. The Labute approximate surface area is 138 Å². The molecule has 24 heavy (non-hydrogen) atoms. The molecule has 2 aromatic heterocycles. The maximum absolute atomic E-state index is 11.7.